The first-order chi connectivity index (χ1) is 13.1. The summed E-state index contributed by atoms with van der Waals surface area (Å²) < 4.78 is 7.30. The van der Waals surface area contributed by atoms with Crippen LogP contribution in [0.3, 0.4) is 0 Å². The number of nitrogens with two attached hydrogens (primary N) is 1. The van der Waals surface area contributed by atoms with E-state index in [1.165, 1.54) is 0 Å². The molecular formula is C19H21N7O. The van der Waals surface area contributed by atoms with Crippen molar-refractivity contribution in [3.8, 4) is 0 Å². The van der Waals surface area contributed by atoms with Crippen LogP contribution in [0, 0.1) is 6.92 Å². The molecular weight excluding hydrogens is 342 g/mol. The molecule has 5 rings (SSSR count). The summed E-state index contributed by atoms with van der Waals surface area (Å²) in [4.78, 5) is 16.1. The number of aromatic nitrogens is 5. The molecule has 4 aromatic rings. The molecule has 1 unspecified atom stereocenters. The minimum atomic E-state index is 0.285. The lowest BCUT2D eigenvalue weighted by Crippen LogP contribution is -2.38. The van der Waals surface area contributed by atoms with Crippen molar-refractivity contribution in [2.24, 2.45) is 0 Å². The van der Waals surface area contributed by atoms with Gasteiger partial charge in [0.1, 0.15) is 5.76 Å². The summed E-state index contributed by atoms with van der Waals surface area (Å²) in [5.74, 6) is 2.89. The summed E-state index contributed by atoms with van der Waals surface area (Å²) in [5.41, 5.74) is 8.72. The third-order valence-electron chi connectivity index (χ3n) is 5.21. The SMILES string of the molecule is Cc1nc2c(o1)CCN(C(C)Cc1nc3c4ccccc4nc(N)n3n1)C2. The number of hydrogen-bond acceptors (Lipinski definition) is 7. The highest BCUT2D eigenvalue weighted by molar-refractivity contribution is 5.92. The van der Waals surface area contributed by atoms with E-state index in [-0.39, 0.29) is 6.04 Å². The van der Waals surface area contributed by atoms with E-state index >= 15 is 0 Å². The summed E-state index contributed by atoms with van der Waals surface area (Å²) >= 11 is 0. The van der Waals surface area contributed by atoms with Crippen LogP contribution in [0.5, 0.6) is 0 Å². The molecule has 0 aliphatic carbocycles. The molecule has 0 fully saturated rings. The number of oxazole rings is 1. The van der Waals surface area contributed by atoms with E-state index < -0.39 is 0 Å². The zero-order chi connectivity index (χ0) is 18.5. The van der Waals surface area contributed by atoms with Gasteiger partial charge < -0.3 is 10.2 Å². The largest absolute Gasteiger partial charge is 0.446 e. The summed E-state index contributed by atoms with van der Waals surface area (Å²) in [5, 5.41) is 5.56. The maximum absolute atomic E-state index is 6.08. The second kappa shape index (κ2) is 6.02. The summed E-state index contributed by atoms with van der Waals surface area (Å²) in [7, 11) is 0. The molecule has 0 radical (unpaired) electrons. The first-order valence-corrected chi connectivity index (χ1v) is 9.17. The molecule has 0 saturated heterocycles. The van der Waals surface area contributed by atoms with Gasteiger partial charge in [0.2, 0.25) is 5.95 Å². The van der Waals surface area contributed by atoms with Crippen molar-refractivity contribution in [1.29, 1.82) is 0 Å². The topological polar surface area (TPSA) is 98.4 Å². The zero-order valence-corrected chi connectivity index (χ0v) is 15.4. The van der Waals surface area contributed by atoms with E-state index in [1.54, 1.807) is 4.52 Å². The van der Waals surface area contributed by atoms with Crippen molar-refractivity contribution in [3.05, 3.63) is 47.4 Å². The molecule has 2 N–H and O–H groups in total. The molecule has 0 saturated carbocycles. The molecule has 1 aliphatic heterocycles. The number of aryl methyl sites for hydroxylation is 1. The fraction of sp³-hybridized carbons (Fsp3) is 0.368. The van der Waals surface area contributed by atoms with E-state index in [1.807, 2.05) is 31.2 Å². The van der Waals surface area contributed by atoms with Crippen LogP contribution >= 0.6 is 0 Å². The second-order valence-corrected chi connectivity index (χ2v) is 7.13. The van der Waals surface area contributed by atoms with Gasteiger partial charge in [0.15, 0.2) is 17.4 Å². The average Bonchev–Trinajstić information content (AvgIpc) is 3.24. The Hall–Kier alpha value is -3.00. The summed E-state index contributed by atoms with van der Waals surface area (Å²) in [6.45, 7) is 5.84. The first-order valence-electron chi connectivity index (χ1n) is 9.17. The summed E-state index contributed by atoms with van der Waals surface area (Å²) in [6.07, 6.45) is 1.63. The predicted molar refractivity (Wildman–Crippen MR) is 101 cm³/mol. The van der Waals surface area contributed by atoms with Gasteiger partial charge in [-0.1, -0.05) is 12.1 Å². The smallest absolute Gasteiger partial charge is 0.223 e. The quantitative estimate of drug-likeness (QED) is 0.595. The number of fused-ring (bicyclic) bond motifs is 4. The fourth-order valence-electron chi connectivity index (χ4n) is 3.82. The van der Waals surface area contributed by atoms with Gasteiger partial charge in [-0.25, -0.2) is 15.0 Å². The highest BCUT2D eigenvalue weighted by atomic mass is 16.4. The van der Waals surface area contributed by atoms with Gasteiger partial charge in [-0.15, -0.1) is 5.10 Å². The van der Waals surface area contributed by atoms with E-state index in [2.05, 4.69) is 26.9 Å². The highest BCUT2D eigenvalue weighted by Crippen LogP contribution is 2.23. The predicted octanol–water partition coefficient (Wildman–Crippen LogP) is 2.15. The van der Waals surface area contributed by atoms with Crippen LogP contribution in [0.25, 0.3) is 16.6 Å². The minimum Gasteiger partial charge on any atom is -0.446 e. The molecule has 0 spiro atoms. The standard InChI is InChI=1S/C19H21N7O/c1-11(25-8-7-16-15(10-25)21-12(2)27-16)9-17-23-18-13-5-3-4-6-14(13)22-19(20)26(18)24-17/h3-6,11H,7-10H2,1-2H3,(H2,20,22). The zero-order valence-electron chi connectivity index (χ0n) is 15.4. The van der Waals surface area contributed by atoms with Gasteiger partial charge in [-0.05, 0) is 19.1 Å². The van der Waals surface area contributed by atoms with Gasteiger partial charge in [0, 0.05) is 44.3 Å². The number of hydrogen-bond donors (Lipinski definition) is 1. The van der Waals surface area contributed by atoms with Crippen LogP contribution in [0.15, 0.2) is 28.7 Å². The van der Waals surface area contributed by atoms with E-state index in [4.69, 9.17) is 15.1 Å². The molecule has 3 aromatic heterocycles. The minimum absolute atomic E-state index is 0.285. The third kappa shape index (κ3) is 2.73. The van der Waals surface area contributed by atoms with Gasteiger partial charge in [0.25, 0.3) is 0 Å². The van der Waals surface area contributed by atoms with E-state index in [0.717, 1.165) is 65.7 Å². The van der Waals surface area contributed by atoms with E-state index in [9.17, 15) is 0 Å². The lowest BCUT2D eigenvalue weighted by molar-refractivity contribution is 0.178. The number of para-hydroxylation sites is 1. The number of nitrogens with zero attached hydrogens (tertiary/aromatic N) is 6. The van der Waals surface area contributed by atoms with Gasteiger partial charge in [-0.3, -0.25) is 4.90 Å². The average molecular weight is 363 g/mol. The van der Waals surface area contributed by atoms with Crippen molar-refractivity contribution in [2.75, 3.05) is 12.3 Å². The molecule has 1 aliphatic rings. The van der Waals surface area contributed by atoms with Gasteiger partial charge in [-0.2, -0.15) is 4.52 Å². The molecule has 8 heteroatoms. The molecule has 4 heterocycles. The van der Waals surface area contributed by atoms with Crippen LogP contribution in [-0.2, 0) is 19.4 Å². The number of nitrogen functional groups attached to an aromatic ring is 1. The molecule has 1 aromatic carbocycles. The Kier molecular flexibility index (Phi) is 3.61. The Morgan fingerprint density at radius 2 is 2.07 bits per heavy atom. The lowest BCUT2D eigenvalue weighted by Gasteiger charge is -2.30. The van der Waals surface area contributed by atoms with Gasteiger partial charge in [0.05, 0.1) is 11.2 Å². The van der Waals surface area contributed by atoms with Crippen molar-refractivity contribution in [3.63, 3.8) is 0 Å². The van der Waals surface area contributed by atoms with Gasteiger partial charge >= 0.3 is 0 Å². The molecule has 0 bridgehead atoms. The maximum Gasteiger partial charge on any atom is 0.223 e. The van der Waals surface area contributed by atoms with Crippen LogP contribution < -0.4 is 5.73 Å². The van der Waals surface area contributed by atoms with Crippen molar-refractivity contribution < 1.29 is 4.42 Å². The first kappa shape index (κ1) is 16.2. The second-order valence-electron chi connectivity index (χ2n) is 7.13. The number of benzene rings is 1. The maximum atomic E-state index is 6.08. The molecule has 27 heavy (non-hydrogen) atoms. The molecule has 1 atom stereocenters. The fourth-order valence-corrected chi connectivity index (χ4v) is 3.82. The van der Waals surface area contributed by atoms with Crippen molar-refractivity contribution in [1.82, 2.24) is 29.5 Å². The Bertz CT molecular complexity index is 1150. The van der Waals surface area contributed by atoms with Crippen LogP contribution in [-0.4, -0.2) is 42.1 Å². The Balaban J connectivity index is 1.43. The molecule has 8 nitrogen and oxygen atoms in total. The number of anilines is 1. The third-order valence-corrected chi connectivity index (χ3v) is 5.21. The molecule has 138 valence electrons. The highest BCUT2D eigenvalue weighted by Gasteiger charge is 2.25. The Morgan fingerprint density at radius 1 is 1.22 bits per heavy atom. The molecule has 0 amide bonds. The van der Waals surface area contributed by atoms with Crippen molar-refractivity contribution in [2.45, 2.75) is 39.3 Å². The lowest BCUT2D eigenvalue weighted by atomic mass is 10.1. The monoisotopic (exact) mass is 363 g/mol. The Morgan fingerprint density at radius 3 is 2.96 bits per heavy atom. The number of rotatable bonds is 3. The van der Waals surface area contributed by atoms with Crippen LogP contribution in [0.4, 0.5) is 5.95 Å². The van der Waals surface area contributed by atoms with Crippen molar-refractivity contribution >= 4 is 22.5 Å². The summed E-state index contributed by atoms with van der Waals surface area (Å²) in [6, 6.07) is 8.14. The van der Waals surface area contributed by atoms with Crippen LogP contribution in [0.2, 0.25) is 0 Å². The van der Waals surface area contributed by atoms with Crippen LogP contribution in [0.1, 0.15) is 30.1 Å². The normalized spacial score (nSPS) is 16.1. The Labute approximate surface area is 156 Å². The van der Waals surface area contributed by atoms with E-state index in [0.29, 0.717) is 5.95 Å².